The average Bonchev–Trinajstić information content (AvgIpc) is 3.14. The lowest BCUT2D eigenvalue weighted by Gasteiger charge is -2.36. The molecule has 1 saturated heterocycles. The molecular weight excluding hydrogens is 364 g/mol. The Hall–Kier alpha value is -2.54. The molecule has 29 heavy (non-hydrogen) atoms. The van der Waals surface area contributed by atoms with Gasteiger partial charge < -0.3 is 4.98 Å². The molecule has 2 aromatic heterocycles. The number of aromatic nitrogens is 5. The summed E-state index contributed by atoms with van der Waals surface area (Å²) in [7, 11) is 0. The Morgan fingerprint density at radius 2 is 1.90 bits per heavy atom. The van der Waals surface area contributed by atoms with Crippen LogP contribution in [0.4, 0.5) is 0 Å². The Kier molecular flexibility index (Phi) is 5.02. The molecule has 0 spiro atoms. The summed E-state index contributed by atoms with van der Waals surface area (Å²) in [5.74, 6) is 1.42. The van der Waals surface area contributed by atoms with Crippen molar-refractivity contribution in [1.82, 2.24) is 30.1 Å². The van der Waals surface area contributed by atoms with E-state index in [4.69, 9.17) is 0 Å². The quantitative estimate of drug-likeness (QED) is 0.736. The van der Waals surface area contributed by atoms with E-state index in [9.17, 15) is 4.79 Å². The highest BCUT2D eigenvalue weighted by Gasteiger charge is 2.34. The van der Waals surface area contributed by atoms with Crippen LogP contribution in [0.1, 0.15) is 63.5 Å². The van der Waals surface area contributed by atoms with Crippen LogP contribution in [0.15, 0.2) is 29.1 Å². The molecule has 3 aromatic rings. The number of hydrogen-bond donors (Lipinski definition) is 1. The molecule has 3 heterocycles. The van der Waals surface area contributed by atoms with E-state index in [0.29, 0.717) is 11.5 Å². The van der Waals surface area contributed by atoms with Crippen LogP contribution in [0.5, 0.6) is 0 Å². The van der Waals surface area contributed by atoms with Gasteiger partial charge >= 0.3 is 0 Å². The molecule has 0 amide bonds. The molecule has 7 nitrogen and oxygen atoms in total. The lowest BCUT2D eigenvalue weighted by atomic mass is 9.95. The second kappa shape index (κ2) is 7.37. The number of nitrogens with zero attached hydrogens (tertiary/aromatic N) is 5. The van der Waals surface area contributed by atoms with Crippen LogP contribution in [0, 0.1) is 12.8 Å². The van der Waals surface area contributed by atoms with Gasteiger partial charge in [-0.3, -0.25) is 9.69 Å². The fraction of sp³-hybridized carbons (Fsp3) is 0.545. The molecule has 1 N–H and O–H groups in total. The minimum Gasteiger partial charge on any atom is -0.322 e. The third-order valence-corrected chi connectivity index (χ3v) is 5.88. The number of aromatic amines is 1. The number of benzene rings is 1. The molecular formula is C22H30N6O. The normalized spacial score (nSPS) is 17.7. The van der Waals surface area contributed by atoms with E-state index >= 15 is 0 Å². The van der Waals surface area contributed by atoms with Gasteiger partial charge in [-0.2, -0.15) is 0 Å². The fourth-order valence-electron chi connectivity index (χ4n) is 4.17. The maximum atomic E-state index is 13.2. The predicted molar refractivity (Wildman–Crippen MR) is 114 cm³/mol. The van der Waals surface area contributed by atoms with Gasteiger partial charge in [0.2, 0.25) is 0 Å². The van der Waals surface area contributed by atoms with Gasteiger partial charge in [-0.25, -0.2) is 4.68 Å². The minimum absolute atomic E-state index is 0.0755. The summed E-state index contributed by atoms with van der Waals surface area (Å²) < 4.78 is 1.86. The van der Waals surface area contributed by atoms with Crippen molar-refractivity contribution < 1.29 is 0 Å². The summed E-state index contributed by atoms with van der Waals surface area (Å²) in [5.41, 5.74) is 2.37. The number of rotatable bonds is 3. The van der Waals surface area contributed by atoms with E-state index < -0.39 is 0 Å². The molecule has 1 aromatic carbocycles. The van der Waals surface area contributed by atoms with Crippen molar-refractivity contribution in [1.29, 1.82) is 0 Å². The third kappa shape index (κ3) is 3.83. The SMILES string of the molecule is Cc1ccc2[nH]c(=O)c([C@@H](c3nnnn3C(C)(C)C)N3CCC(C)CC3)cc2c1. The van der Waals surface area contributed by atoms with Crippen LogP contribution >= 0.6 is 0 Å². The van der Waals surface area contributed by atoms with Crippen LogP contribution in [0.25, 0.3) is 10.9 Å². The van der Waals surface area contributed by atoms with Gasteiger partial charge in [-0.1, -0.05) is 18.6 Å². The number of tetrazole rings is 1. The second-order valence-corrected chi connectivity index (χ2v) is 9.39. The van der Waals surface area contributed by atoms with Gasteiger partial charge in [0.1, 0.15) is 6.04 Å². The van der Waals surface area contributed by atoms with Crippen molar-refractivity contribution in [2.45, 2.75) is 59.0 Å². The maximum Gasteiger partial charge on any atom is 0.253 e. The van der Waals surface area contributed by atoms with Crippen molar-refractivity contribution in [2.24, 2.45) is 5.92 Å². The van der Waals surface area contributed by atoms with Crippen molar-refractivity contribution >= 4 is 10.9 Å². The smallest absolute Gasteiger partial charge is 0.253 e. The number of likely N-dealkylation sites (tertiary alicyclic amines) is 1. The highest BCUT2D eigenvalue weighted by Crippen LogP contribution is 2.32. The molecule has 7 heteroatoms. The molecule has 1 aliphatic heterocycles. The van der Waals surface area contributed by atoms with Gasteiger partial charge in [-0.05, 0) is 93.6 Å². The maximum absolute atomic E-state index is 13.2. The van der Waals surface area contributed by atoms with Crippen LogP contribution in [0.3, 0.4) is 0 Å². The second-order valence-electron chi connectivity index (χ2n) is 9.39. The summed E-state index contributed by atoms with van der Waals surface area (Å²) in [4.78, 5) is 18.6. The van der Waals surface area contributed by atoms with Gasteiger partial charge in [0, 0.05) is 11.1 Å². The number of hydrogen-bond acceptors (Lipinski definition) is 5. The Morgan fingerprint density at radius 3 is 2.59 bits per heavy atom. The average molecular weight is 395 g/mol. The summed E-state index contributed by atoms with van der Waals surface area (Å²) in [6.07, 6.45) is 2.22. The first-order chi connectivity index (χ1) is 13.7. The Morgan fingerprint density at radius 1 is 1.17 bits per heavy atom. The molecule has 0 radical (unpaired) electrons. The predicted octanol–water partition coefficient (Wildman–Crippen LogP) is 3.40. The van der Waals surface area contributed by atoms with Crippen molar-refractivity contribution in [3.05, 3.63) is 51.6 Å². The van der Waals surface area contributed by atoms with E-state index in [1.165, 1.54) is 5.56 Å². The van der Waals surface area contributed by atoms with Gasteiger partial charge in [0.15, 0.2) is 5.82 Å². The summed E-state index contributed by atoms with van der Waals surface area (Å²) in [5, 5.41) is 13.7. The largest absolute Gasteiger partial charge is 0.322 e. The fourth-order valence-corrected chi connectivity index (χ4v) is 4.17. The van der Waals surface area contributed by atoms with Crippen LogP contribution < -0.4 is 5.56 Å². The first-order valence-corrected chi connectivity index (χ1v) is 10.4. The van der Waals surface area contributed by atoms with E-state index in [2.05, 4.69) is 66.1 Å². The standard InChI is InChI=1S/C22H30N6O/c1-14-8-10-27(11-9-14)19(20-24-25-26-28(20)22(3,4)5)17-13-16-12-15(2)6-7-18(16)23-21(17)29/h6-7,12-14,19H,8-11H2,1-5H3,(H,23,29)/t19-/m0/s1. The first-order valence-electron chi connectivity index (χ1n) is 10.4. The van der Waals surface area contributed by atoms with Gasteiger partial charge in [0.05, 0.1) is 5.54 Å². The molecule has 0 saturated carbocycles. The summed E-state index contributed by atoms with van der Waals surface area (Å²) in [6.45, 7) is 12.4. The lowest BCUT2D eigenvalue weighted by Crippen LogP contribution is -2.41. The van der Waals surface area contributed by atoms with E-state index in [-0.39, 0.29) is 17.1 Å². The van der Waals surface area contributed by atoms with E-state index in [1.54, 1.807) is 0 Å². The van der Waals surface area contributed by atoms with Crippen molar-refractivity contribution in [3.63, 3.8) is 0 Å². The molecule has 1 aliphatic rings. The number of fused-ring (bicyclic) bond motifs is 1. The molecule has 1 atom stereocenters. The molecule has 0 bridgehead atoms. The van der Waals surface area contributed by atoms with E-state index in [0.717, 1.165) is 42.7 Å². The molecule has 0 aliphatic carbocycles. The van der Waals surface area contributed by atoms with Gasteiger partial charge in [0.25, 0.3) is 5.56 Å². The number of piperidine rings is 1. The topological polar surface area (TPSA) is 79.7 Å². The van der Waals surface area contributed by atoms with Crippen molar-refractivity contribution in [2.75, 3.05) is 13.1 Å². The molecule has 4 rings (SSSR count). The monoisotopic (exact) mass is 394 g/mol. The number of H-pyrrole nitrogens is 1. The molecule has 0 unspecified atom stereocenters. The Balaban J connectivity index is 1.89. The van der Waals surface area contributed by atoms with Crippen LogP contribution in [0.2, 0.25) is 0 Å². The Bertz CT molecular complexity index is 1070. The van der Waals surface area contributed by atoms with Crippen LogP contribution in [-0.2, 0) is 5.54 Å². The highest BCUT2D eigenvalue weighted by molar-refractivity contribution is 5.79. The number of aryl methyl sites for hydroxylation is 1. The van der Waals surface area contributed by atoms with Gasteiger partial charge in [-0.15, -0.1) is 5.10 Å². The first kappa shape index (κ1) is 19.8. The number of pyridine rings is 1. The van der Waals surface area contributed by atoms with E-state index in [1.807, 2.05) is 22.9 Å². The zero-order valence-electron chi connectivity index (χ0n) is 17.9. The van der Waals surface area contributed by atoms with Crippen LogP contribution in [-0.4, -0.2) is 43.2 Å². The lowest BCUT2D eigenvalue weighted by molar-refractivity contribution is 0.144. The third-order valence-electron chi connectivity index (χ3n) is 5.88. The summed E-state index contributed by atoms with van der Waals surface area (Å²) >= 11 is 0. The zero-order valence-corrected chi connectivity index (χ0v) is 17.9. The zero-order chi connectivity index (χ0) is 20.8. The minimum atomic E-state index is -0.277. The number of nitrogens with one attached hydrogen (secondary N) is 1. The highest BCUT2D eigenvalue weighted by atomic mass is 16.1. The van der Waals surface area contributed by atoms with Crippen molar-refractivity contribution in [3.8, 4) is 0 Å². The summed E-state index contributed by atoms with van der Waals surface area (Å²) in [6, 6.07) is 7.83. The molecule has 154 valence electrons. The Labute approximate surface area is 171 Å². The molecule has 1 fully saturated rings.